The number of hydrogen-bond donors (Lipinski definition) is 3. The van der Waals surface area contributed by atoms with Crippen LogP contribution in [0.4, 0.5) is 0 Å². The molecule has 1 atom stereocenters. The Balaban J connectivity index is 4.42. The van der Waals surface area contributed by atoms with E-state index >= 15 is 0 Å². The number of nitrogens with one attached hydrogen (secondary N) is 2. The summed E-state index contributed by atoms with van der Waals surface area (Å²) in [6, 6.07) is 0. The molecule has 0 heterocycles. The molecule has 4 N–H and O–H groups in total. The number of rotatable bonds is 11. The van der Waals surface area contributed by atoms with E-state index in [2.05, 4.69) is 17.6 Å². The summed E-state index contributed by atoms with van der Waals surface area (Å²) in [6.45, 7) is 5.87. The van der Waals surface area contributed by atoms with E-state index in [0.717, 1.165) is 25.7 Å². The first-order chi connectivity index (χ1) is 9.85. The molecule has 0 fully saturated rings. The van der Waals surface area contributed by atoms with Gasteiger partial charge in [0, 0.05) is 13.0 Å². The first-order valence-electron chi connectivity index (χ1n) is 7.73. The molecule has 122 valence electrons. The molecule has 0 bridgehead atoms. The minimum Gasteiger partial charge on any atom is -0.370 e. The van der Waals surface area contributed by atoms with Crippen molar-refractivity contribution in [2.45, 2.75) is 71.3 Å². The first kappa shape index (κ1) is 19.4. The molecule has 0 saturated carbocycles. The number of likely N-dealkylation sites (N-methyl/N-ethyl adjacent to an activating group) is 1. The zero-order valence-corrected chi connectivity index (χ0v) is 13.5. The topological polar surface area (TPSA) is 101 Å². The predicted molar refractivity (Wildman–Crippen MR) is 82.4 cm³/mol. The van der Waals surface area contributed by atoms with Crippen molar-refractivity contribution in [3.63, 3.8) is 0 Å². The van der Waals surface area contributed by atoms with E-state index in [4.69, 9.17) is 5.73 Å². The molecule has 0 aliphatic rings. The Labute approximate surface area is 127 Å². The van der Waals surface area contributed by atoms with Crippen molar-refractivity contribution in [1.29, 1.82) is 0 Å². The monoisotopic (exact) mass is 299 g/mol. The van der Waals surface area contributed by atoms with Crippen LogP contribution in [0.3, 0.4) is 0 Å². The van der Waals surface area contributed by atoms with Gasteiger partial charge >= 0.3 is 0 Å². The highest BCUT2D eigenvalue weighted by Crippen LogP contribution is 2.12. The SMILES string of the molecule is CCCCCCCC(=O)NC(C)(CC(N)=O)C(=O)NCC. The van der Waals surface area contributed by atoms with Gasteiger partial charge in [-0.2, -0.15) is 0 Å². The highest BCUT2D eigenvalue weighted by molar-refractivity contribution is 5.95. The van der Waals surface area contributed by atoms with Crippen LogP contribution >= 0.6 is 0 Å². The molecule has 6 nitrogen and oxygen atoms in total. The fourth-order valence-electron chi connectivity index (χ4n) is 2.14. The Morgan fingerprint density at radius 2 is 1.67 bits per heavy atom. The summed E-state index contributed by atoms with van der Waals surface area (Å²) in [6.07, 6.45) is 5.36. The van der Waals surface area contributed by atoms with Crippen LogP contribution in [0.25, 0.3) is 0 Å². The van der Waals surface area contributed by atoms with Crippen molar-refractivity contribution in [3.05, 3.63) is 0 Å². The summed E-state index contributed by atoms with van der Waals surface area (Å²) >= 11 is 0. The Bertz CT molecular complexity index is 358. The average molecular weight is 299 g/mol. The molecule has 0 aliphatic carbocycles. The molecule has 1 unspecified atom stereocenters. The van der Waals surface area contributed by atoms with Crippen LogP contribution in [0.5, 0.6) is 0 Å². The largest absolute Gasteiger partial charge is 0.370 e. The van der Waals surface area contributed by atoms with Crippen LogP contribution in [0.15, 0.2) is 0 Å². The molecule has 0 rings (SSSR count). The van der Waals surface area contributed by atoms with E-state index in [-0.39, 0.29) is 18.2 Å². The number of carbonyl (C=O) groups excluding carboxylic acids is 3. The van der Waals surface area contributed by atoms with Gasteiger partial charge in [-0.3, -0.25) is 14.4 Å². The maximum atomic E-state index is 12.0. The lowest BCUT2D eigenvalue weighted by Crippen LogP contribution is -2.58. The third-order valence-electron chi connectivity index (χ3n) is 3.29. The van der Waals surface area contributed by atoms with Crippen molar-refractivity contribution >= 4 is 17.7 Å². The number of hydrogen-bond acceptors (Lipinski definition) is 3. The molecular formula is C15H29N3O3. The van der Waals surface area contributed by atoms with E-state index in [1.165, 1.54) is 13.3 Å². The normalized spacial score (nSPS) is 13.3. The summed E-state index contributed by atoms with van der Waals surface area (Å²) in [4.78, 5) is 35.1. The van der Waals surface area contributed by atoms with E-state index in [0.29, 0.717) is 13.0 Å². The molecule has 0 radical (unpaired) electrons. The number of amides is 3. The summed E-state index contributed by atoms with van der Waals surface area (Å²) < 4.78 is 0. The highest BCUT2D eigenvalue weighted by atomic mass is 16.2. The van der Waals surface area contributed by atoms with Crippen molar-refractivity contribution in [2.24, 2.45) is 5.73 Å². The lowest BCUT2D eigenvalue weighted by Gasteiger charge is -2.28. The number of unbranched alkanes of at least 4 members (excludes halogenated alkanes) is 4. The van der Waals surface area contributed by atoms with E-state index in [1.807, 2.05) is 0 Å². The van der Waals surface area contributed by atoms with Gasteiger partial charge in [0.25, 0.3) is 0 Å². The van der Waals surface area contributed by atoms with Crippen LogP contribution in [-0.2, 0) is 14.4 Å². The molecule has 0 aromatic rings. The standard InChI is InChI=1S/C15H29N3O3/c1-4-6-7-8-9-10-13(20)18-15(3,11-12(16)19)14(21)17-5-2/h4-11H2,1-3H3,(H2,16,19)(H,17,21)(H,18,20). The van der Waals surface area contributed by atoms with E-state index < -0.39 is 11.4 Å². The zero-order valence-electron chi connectivity index (χ0n) is 13.5. The van der Waals surface area contributed by atoms with Crippen molar-refractivity contribution in [3.8, 4) is 0 Å². The summed E-state index contributed by atoms with van der Waals surface area (Å²) in [5.74, 6) is -1.23. The van der Waals surface area contributed by atoms with Crippen LogP contribution in [0.2, 0.25) is 0 Å². The van der Waals surface area contributed by atoms with Gasteiger partial charge in [0.05, 0.1) is 6.42 Å². The molecule has 0 aromatic carbocycles. The Morgan fingerprint density at radius 1 is 1.05 bits per heavy atom. The van der Waals surface area contributed by atoms with Gasteiger partial charge < -0.3 is 16.4 Å². The maximum Gasteiger partial charge on any atom is 0.245 e. The molecule has 21 heavy (non-hydrogen) atoms. The lowest BCUT2D eigenvalue weighted by atomic mass is 9.95. The van der Waals surface area contributed by atoms with Crippen LogP contribution in [0, 0.1) is 0 Å². The van der Waals surface area contributed by atoms with Crippen LogP contribution in [0.1, 0.15) is 65.7 Å². The third-order valence-corrected chi connectivity index (χ3v) is 3.29. The van der Waals surface area contributed by atoms with Gasteiger partial charge in [0.15, 0.2) is 0 Å². The highest BCUT2D eigenvalue weighted by Gasteiger charge is 2.36. The van der Waals surface area contributed by atoms with Crippen LogP contribution in [-0.4, -0.2) is 29.8 Å². The zero-order chi connectivity index (χ0) is 16.3. The fourth-order valence-corrected chi connectivity index (χ4v) is 2.14. The number of primary amides is 1. The lowest BCUT2D eigenvalue weighted by molar-refractivity contribution is -0.135. The van der Waals surface area contributed by atoms with Gasteiger partial charge in [-0.05, 0) is 20.3 Å². The molecule has 0 aromatic heterocycles. The summed E-state index contributed by atoms with van der Waals surface area (Å²) in [5.41, 5.74) is 3.90. The van der Waals surface area contributed by atoms with Crippen molar-refractivity contribution < 1.29 is 14.4 Å². The molecule has 3 amide bonds. The van der Waals surface area contributed by atoms with Crippen molar-refractivity contribution in [2.75, 3.05) is 6.54 Å². The van der Waals surface area contributed by atoms with Gasteiger partial charge in [0.1, 0.15) is 5.54 Å². The number of carbonyl (C=O) groups is 3. The molecule has 0 aliphatic heterocycles. The summed E-state index contributed by atoms with van der Waals surface area (Å²) in [7, 11) is 0. The van der Waals surface area contributed by atoms with Gasteiger partial charge in [-0.15, -0.1) is 0 Å². The second-order valence-corrected chi connectivity index (χ2v) is 5.55. The smallest absolute Gasteiger partial charge is 0.245 e. The predicted octanol–water partition coefficient (Wildman–Crippen LogP) is 1.23. The van der Waals surface area contributed by atoms with E-state index in [1.54, 1.807) is 6.92 Å². The Hall–Kier alpha value is -1.59. The minimum atomic E-state index is -1.28. The van der Waals surface area contributed by atoms with Crippen molar-refractivity contribution in [1.82, 2.24) is 10.6 Å². The maximum absolute atomic E-state index is 12.0. The third kappa shape index (κ3) is 8.32. The first-order valence-corrected chi connectivity index (χ1v) is 7.73. The molecule has 0 spiro atoms. The summed E-state index contributed by atoms with van der Waals surface area (Å²) in [5, 5.41) is 5.27. The Kier molecular flexibility index (Phi) is 9.41. The van der Waals surface area contributed by atoms with Gasteiger partial charge in [-0.1, -0.05) is 32.6 Å². The molecule has 6 heteroatoms. The molecule has 0 saturated heterocycles. The van der Waals surface area contributed by atoms with Gasteiger partial charge in [0.2, 0.25) is 17.7 Å². The van der Waals surface area contributed by atoms with Crippen LogP contribution < -0.4 is 16.4 Å². The minimum absolute atomic E-state index is 0.208. The fraction of sp³-hybridized carbons (Fsp3) is 0.800. The second-order valence-electron chi connectivity index (χ2n) is 5.55. The van der Waals surface area contributed by atoms with Gasteiger partial charge in [-0.25, -0.2) is 0 Å². The average Bonchev–Trinajstić information content (AvgIpc) is 2.37. The second kappa shape index (κ2) is 10.2. The van der Waals surface area contributed by atoms with E-state index in [9.17, 15) is 14.4 Å². The quantitative estimate of drug-likeness (QED) is 0.500. The molecular weight excluding hydrogens is 270 g/mol. The Morgan fingerprint density at radius 3 is 2.19 bits per heavy atom. The number of nitrogens with two attached hydrogens (primary N) is 1.